The molecule has 0 spiro atoms. The first kappa shape index (κ1) is 7.57. The normalized spacial score (nSPS) is 9.80. The van der Waals surface area contributed by atoms with Crippen molar-refractivity contribution in [3.63, 3.8) is 0 Å². The van der Waals surface area contributed by atoms with Gasteiger partial charge in [0.15, 0.2) is 5.06 Å². The van der Waals surface area contributed by atoms with Crippen LogP contribution in [-0.4, -0.2) is 13.8 Å². The zero-order valence-corrected chi connectivity index (χ0v) is 6.99. The Morgan fingerprint density at radius 3 is 3.00 bits per heavy atom. The third-order valence-corrected chi connectivity index (χ3v) is 2.09. The van der Waals surface area contributed by atoms with Crippen molar-refractivity contribution in [3.8, 4) is 5.06 Å². The summed E-state index contributed by atoms with van der Waals surface area (Å²) in [5, 5.41) is 5.95. The van der Waals surface area contributed by atoms with Crippen molar-refractivity contribution < 1.29 is 4.74 Å². The van der Waals surface area contributed by atoms with E-state index < -0.39 is 0 Å². The molecule has 0 fully saturated rings. The van der Waals surface area contributed by atoms with E-state index in [1.165, 1.54) is 5.56 Å². The zero-order chi connectivity index (χ0) is 7.40. The second-order valence-electron chi connectivity index (χ2n) is 2.03. The summed E-state index contributed by atoms with van der Waals surface area (Å²) in [7, 11) is 1.86. The highest BCUT2D eigenvalue weighted by Gasteiger charge is 1.97. The second-order valence-corrected chi connectivity index (χ2v) is 2.91. The summed E-state index contributed by atoms with van der Waals surface area (Å²) in [5.74, 6) is 0. The summed E-state index contributed by atoms with van der Waals surface area (Å²) in [6.07, 6.45) is 0. The van der Waals surface area contributed by atoms with Crippen molar-refractivity contribution in [2.24, 2.45) is 0 Å². The van der Waals surface area contributed by atoms with Crippen molar-refractivity contribution in [1.29, 1.82) is 0 Å². The molecule has 2 nitrogen and oxygen atoms in total. The van der Waals surface area contributed by atoms with Crippen LogP contribution in [0.2, 0.25) is 0 Å². The number of rotatable bonds is 3. The Balaban J connectivity index is 2.49. The van der Waals surface area contributed by atoms with Crippen LogP contribution in [-0.2, 0) is 0 Å². The molecule has 1 N–H and O–H groups in total. The number of hydrogen-bond acceptors (Lipinski definition) is 3. The third-order valence-electron chi connectivity index (χ3n) is 1.16. The van der Waals surface area contributed by atoms with E-state index in [1.54, 1.807) is 11.3 Å². The van der Waals surface area contributed by atoms with E-state index in [1.807, 2.05) is 19.4 Å². The molecule has 10 heavy (non-hydrogen) atoms. The molecule has 0 amide bonds. The predicted molar refractivity (Wildman–Crippen MR) is 43.6 cm³/mol. The lowest BCUT2D eigenvalue weighted by Crippen LogP contribution is -2.13. The van der Waals surface area contributed by atoms with Gasteiger partial charge in [-0.15, -0.1) is 11.3 Å². The average molecular weight is 157 g/mol. The summed E-state index contributed by atoms with van der Waals surface area (Å²) in [6.45, 7) is 2.63. The van der Waals surface area contributed by atoms with Gasteiger partial charge in [0, 0.05) is 5.56 Å². The Morgan fingerprint density at radius 2 is 2.50 bits per heavy atom. The zero-order valence-electron chi connectivity index (χ0n) is 6.18. The van der Waals surface area contributed by atoms with E-state index in [0.29, 0.717) is 6.73 Å². The van der Waals surface area contributed by atoms with Gasteiger partial charge in [0.2, 0.25) is 0 Å². The molecule has 0 saturated heterocycles. The van der Waals surface area contributed by atoms with Crippen molar-refractivity contribution in [1.82, 2.24) is 5.32 Å². The van der Waals surface area contributed by atoms with E-state index in [0.717, 1.165) is 5.06 Å². The van der Waals surface area contributed by atoms with E-state index in [4.69, 9.17) is 4.74 Å². The maximum absolute atomic E-state index is 5.33. The molecule has 1 aromatic rings. The first-order valence-electron chi connectivity index (χ1n) is 3.16. The number of hydrogen-bond donors (Lipinski definition) is 1. The minimum Gasteiger partial charge on any atom is -0.469 e. The molecule has 0 aromatic carbocycles. The van der Waals surface area contributed by atoms with Crippen molar-refractivity contribution in [3.05, 3.63) is 17.0 Å². The lowest BCUT2D eigenvalue weighted by molar-refractivity contribution is 0.303. The van der Waals surface area contributed by atoms with Gasteiger partial charge in [-0.1, -0.05) is 0 Å². The van der Waals surface area contributed by atoms with Crippen LogP contribution in [0.25, 0.3) is 0 Å². The van der Waals surface area contributed by atoms with Gasteiger partial charge < -0.3 is 4.74 Å². The van der Waals surface area contributed by atoms with Gasteiger partial charge in [-0.2, -0.15) is 0 Å². The molecular formula is C7H11NOS. The monoisotopic (exact) mass is 157 g/mol. The van der Waals surface area contributed by atoms with E-state index in [9.17, 15) is 0 Å². The summed E-state index contributed by atoms with van der Waals surface area (Å²) in [4.78, 5) is 0. The Labute approximate surface area is 64.8 Å². The van der Waals surface area contributed by atoms with Crippen LogP contribution in [0.3, 0.4) is 0 Å². The number of nitrogens with one attached hydrogen (secondary N) is 1. The largest absolute Gasteiger partial charge is 0.469 e. The molecule has 0 radical (unpaired) electrons. The molecule has 0 saturated carbocycles. The second kappa shape index (κ2) is 3.58. The summed E-state index contributed by atoms with van der Waals surface area (Å²) in [6, 6.07) is 2.05. The lowest BCUT2D eigenvalue weighted by Gasteiger charge is -2.01. The maximum Gasteiger partial charge on any atom is 0.178 e. The molecule has 0 bridgehead atoms. The molecule has 0 aliphatic rings. The number of thiophene rings is 1. The highest BCUT2D eigenvalue weighted by atomic mass is 32.1. The molecule has 3 heteroatoms. The van der Waals surface area contributed by atoms with Crippen molar-refractivity contribution >= 4 is 11.3 Å². The first-order valence-corrected chi connectivity index (χ1v) is 4.04. The highest BCUT2D eigenvalue weighted by molar-refractivity contribution is 7.12. The number of ether oxygens (including phenoxy) is 1. The van der Waals surface area contributed by atoms with E-state index in [-0.39, 0.29) is 0 Å². The predicted octanol–water partition coefficient (Wildman–Crippen LogP) is 1.61. The Bertz CT molecular complexity index is 197. The minimum atomic E-state index is 0.585. The Morgan fingerprint density at radius 1 is 1.70 bits per heavy atom. The Hall–Kier alpha value is -0.540. The molecule has 0 aliphatic heterocycles. The van der Waals surface area contributed by atoms with Crippen LogP contribution in [0.5, 0.6) is 5.06 Å². The number of aryl methyl sites for hydroxylation is 1. The van der Waals surface area contributed by atoms with E-state index in [2.05, 4.69) is 11.4 Å². The van der Waals surface area contributed by atoms with Crippen molar-refractivity contribution in [2.75, 3.05) is 13.8 Å². The summed E-state index contributed by atoms with van der Waals surface area (Å²) >= 11 is 1.63. The van der Waals surface area contributed by atoms with Crippen LogP contribution in [0.15, 0.2) is 11.4 Å². The highest BCUT2D eigenvalue weighted by Crippen LogP contribution is 2.24. The standard InChI is InChI=1S/C7H11NOS/c1-6-3-4-10-7(6)9-5-8-2/h3-4,8H,5H2,1-2H3. The molecule has 0 aliphatic carbocycles. The van der Waals surface area contributed by atoms with Crippen molar-refractivity contribution in [2.45, 2.75) is 6.92 Å². The molecule has 1 aromatic heterocycles. The Kier molecular flexibility index (Phi) is 2.71. The van der Waals surface area contributed by atoms with Gasteiger partial charge in [0.25, 0.3) is 0 Å². The third kappa shape index (κ3) is 1.72. The minimum absolute atomic E-state index is 0.585. The molecule has 1 rings (SSSR count). The molecule has 1 heterocycles. The maximum atomic E-state index is 5.33. The van der Waals surface area contributed by atoms with Crippen LogP contribution in [0.4, 0.5) is 0 Å². The quantitative estimate of drug-likeness (QED) is 0.673. The fraction of sp³-hybridized carbons (Fsp3) is 0.429. The summed E-state index contributed by atoms with van der Waals surface area (Å²) < 4.78 is 5.33. The van der Waals surface area contributed by atoms with Gasteiger partial charge in [-0.25, -0.2) is 0 Å². The van der Waals surface area contributed by atoms with Crippen LogP contribution in [0, 0.1) is 6.92 Å². The average Bonchev–Trinajstić information content (AvgIpc) is 2.31. The van der Waals surface area contributed by atoms with E-state index >= 15 is 0 Å². The van der Waals surface area contributed by atoms with Gasteiger partial charge in [-0.05, 0) is 25.4 Å². The molecular weight excluding hydrogens is 146 g/mol. The first-order chi connectivity index (χ1) is 4.84. The molecule has 0 unspecified atom stereocenters. The topological polar surface area (TPSA) is 21.3 Å². The fourth-order valence-electron chi connectivity index (χ4n) is 0.644. The van der Waals surface area contributed by atoms with Crippen LogP contribution < -0.4 is 10.1 Å². The molecule has 56 valence electrons. The SMILES string of the molecule is CNCOc1sccc1C. The summed E-state index contributed by atoms with van der Waals surface area (Å²) in [5.41, 5.74) is 1.21. The van der Waals surface area contributed by atoms with Gasteiger partial charge >= 0.3 is 0 Å². The fourth-order valence-corrected chi connectivity index (χ4v) is 1.42. The van der Waals surface area contributed by atoms with Crippen LogP contribution in [0.1, 0.15) is 5.56 Å². The molecule has 0 atom stereocenters. The lowest BCUT2D eigenvalue weighted by atomic mass is 10.4. The van der Waals surface area contributed by atoms with Gasteiger partial charge in [0.1, 0.15) is 6.73 Å². The smallest absolute Gasteiger partial charge is 0.178 e. The van der Waals surface area contributed by atoms with Gasteiger partial charge in [-0.3, -0.25) is 5.32 Å². The van der Waals surface area contributed by atoms with Crippen LogP contribution >= 0.6 is 11.3 Å². The van der Waals surface area contributed by atoms with Gasteiger partial charge in [0.05, 0.1) is 0 Å².